The van der Waals surface area contributed by atoms with E-state index in [0.29, 0.717) is 32.1 Å². The number of hydrogen-bond donors (Lipinski definition) is 1. The van der Waals surface area contributed by atoms with Gasteiger partial charge in [0.05, 0.1) is 10.7 Å². The lowest BCUT2D eigenvalue weighted by molar-refractivity contribution is -0.142. The van der Waals surface area contributed by atoms with Gasteiger partial charge in [-0.05, 0) is 48.0 Å². The minimum atomic E-state index is -0.645. The van der Waals surface area contributed by atoms with E-state index in [1.807, 2.05) is 0 Å². The Morgan fingerprint density at radius 3 is 2.19 bits per heavy atom. The number of hydrogen-bond acceptors (Lipinski definition) is 4. The highest BCUT2D eigenvalue weighted by Crippen LogP contribution is 2.26. The van der Waals surface area contributed by atoms with Crippen LogP contribution in [0.1, 0.15) is 11.1 Å². The van der Waals surface area contributed by atoms with Gasteiger partial charge in [-0.2, -0.15) is 0 Å². The van der Waals surface area contributed by atoms with Crippen molar-refractivity contribution in [3.63, 3.8) is 0 Å². The van der Waals surface area contributed by atoms with E-state index in [1.165, 1.54) is 6.08 Å². The molecule has 8 heteroatoms. The number of rotatable bonds is 8. The van der Waals surface area contributed by atoms with Crippen LogP contribution in [0.4, 0.5) is 5.69 Å². The summed E-state index contributed by atoms with van der Waals surface area (Å²) in [5.41, 5.74) is 1.91. The number of ether oxygens (including phenoxy) is 2. The summed E-state index contributed by atoms with van der Waals surface area (Å²) in [6.45, 7) is -0.192. The smallest absolute Gasteiger partial charge is 0.331 e. The molecule has 0 aromatic heterocycles. The Balaban J connectivity index is 1.46. The number of para-hydroxylation sites is 1. The molecule has 0 aliphatic heterocycles. The highest BCUT2D eigenvalue weighted by molar-refractivity contribution is 6.36. The quantitative estimate of drug-likeness (QED) is 0.292. The van der Waals surface area contributed by atoms with Crippen LogP contribution in [0.5, 0.6) is 5.75 Å². The lowest BCUT2D eigenvalue weighted by Gasteiger charge is -2.09. The molecule has 0 aliphatic rings. The van der Waals surface area contributed by atoms with Crippen molar-refractivity contribution in [2.24, 2.45) is 0 Å². The summed E-state index contributed by atoms with van der Waals surface area (Å²) in [6.07, 6.45) is 2.81. The molecule has 1 amide bonds. The Kier molecular flexibility index (Phi) is 8.56. The number of nitrogens with one attached hydrogen (secondary N) is 1. The summed E-state index contributed by atoms with van der Waals surface area (Å²) >= 11 is 18.2. The van der Waals surface area contributed by atoms with Crippen LogP contribution in [0.3, 0.4) is 0 Å². The van der Waals surface area contributed by atoms with Crippen molar-refractivity contribution in [1.82, 2.24) is 0 Å². The monoisotopic (exact) mass is 489 g/mol. The predicted molar refractivity (Wildman–Crippen MR) is 127 cm³/mol. The molecule has 0 heterocycles. The molecule has 0 saturated carbocycles. The van der Waals surface area contributed by atoms with Crippen LogP contribution in [0.2, 0.25) is 15.1 Å². The summed E-state index contributed by atoms with van der Waals surface area (Å²) in [5, 5.41) is 4.05. The van der Waals surface area contributed by atoms with Gasteiger partial charge in [0.2, 0.25) is 0 Å². The van der Waals surface area contributed by atoms with E-state index in [1.54, 1.807) is 72.8 Å². The molecule has 3 aromatic rings. The first-order chi connectivity index (χ1) is 15.4. The van der Waals surface area contributed by atoms with Gasteiger partial charge in [-0.3, -0.25) is 4.79 Å². The average molecular weight is 491 g/mol. The fourth-order valence-corrected chi connectivity index (χ4v) is 3.29. The van der Waals surface area contributed by atoms with Gasteiger partial charge >= 0.3 is 5.97 Å². The summed E-state index contributed by atoms with van der Waals surface area (Å²) in [4.78, 5) is 23.8. The van der Waals surface area contributed by atoms with Crippen LogP contribution in [-0.4, -0.2) is 18.5 Å². The Morgan fingerprint density at radius 2 is 1.50 bits per heavy atom. The second kappa shape index (κ2) is 11.6. The Hall–Kier alpha value is -2.99. The first-order valence-electron chi connectivity index (χ1n) is 9.47. The van der Waals surface area contributed by atoms with E-state index in [9.17, 15) is 9.59 Å². The molecule has 0 fully saturated rings. The first-order valence-corrected chi connectivity index (χ1v) is 10.6. The van der Waals surface area contributed by atoms with Crippen molar-refractivity contribution in [3.05, 3.63) is 99.0 Å². The number of esters is 1. The molecule has 164 valence electrons. The molecule has 0 bridgehead atoms. The molecule has 3 rings (SSSR count). The number of amides is 1. The zero-order valence-corrected chi connectivity index (χ0v) is 19.0. The van der Waals surface area contributed by atoms with Gasteiger partial charge in [-0.25, -0.2) is 4.79 Å². The summed E-state index contributed by atoms with van der Waals surface area (Å²) in [6, 6.07) is 19.1. The largest absolute Gasteiger partial charge is 0.489 e. The molecular weight excluding hydrogens is 473 g/mol. The zero-order valence-electron chi connectivity index (χ0n) is 16.7. The van der Waals surface area contributed by atoms with Crippen LogP contribution < -0.4 is 10.1 Å². The number of benzene rings is 3. The van der Waals surface area contributed by atoms with Crippen molar-refractivity contribution >= 4 is 58.4 Å². The van der Waals surface area contributed by atoms with E-state index >= 15 is 0 Å². The van der Waals surface area contributed by atoms with Crippen molar-refractivity contribution in [2.75, 3.05) is 11.9 Å². The SMILES string of the molecule is O=C(COC(=O)/C=C/c1ccc(OCc2c(Cl)cccc2Cl)cc1)Nc1ccccc1Cl. The van der Waals surface area contributed by atoms with Gasteiger partial charge in [0.15, 0.2) is 6.61 Å². The van der Waals surface area contributed by atoms with Gasteiger partial charge in [0.25, 0.3) is 5.91 Å². The van der Waals surface area contributed by atoms with Crippen LogP contribution in [0.25, 0.3) is 6.08 Å². The van der Waals surface area contributed by atoms with Crippen LogP contribution >= 0.6 is 34.8 Å². The van der Waals surface area contributed by atoms with Gasteiger partial charge < -0.3 is 14.8 Å². The van der Waals surface area contributed by atoms with Crippen molar-refractivity contribution < 1.29 is 19.1 Å². The van der Waals surface area contributed by atoms with Gasteiger partial charge in [-0.15, -0.1) is 0 Å². The molecule has 0 spiro atoms. The van der Waals surface area contributed by atoms with E-state index in [4.69, 9.17) is 44.3 Å². The average Bonchev–Trinajstić information content (AvgIpc) is 2.78. The third-order valence-electron chi connectivity index (χ3n) is 4.23. The molecule has 0 radical (unpaired) electrons. The molecule has 0 atom stereocenters. The normalized spacial score (nSPS) is 10.7. The third kappa shape index (κ3) is 7.02. The standard InChI is InChI=1S/C24H18Cl3NO4/c25-19-5-3-6-20(26)18(19)14-31-17-11-8-16(9-12-17)10-13-24(30)32-15-23(29)28-22-7-2-1-4-21(22)27/h1-13H,14-15H2,(H,28,29)/b13-10+. The number of anilines is 1. The molecule has 32 heavy (non-hydrogen) atoms. The van der Waals surface area contributed by atoms with Crippen molar-refractivity contribution in [3.8, 4) is 5.75 Å². The van der Waals surface area contributed by atoms with E-state index in [-0.39, 0.29) is 6.61 Å². The minimum Gasteiger partial charge on any atom is -0.489 e. The Morgan fingerprint density at radius 1 is 0.844 bits per heavy atom. The Bertz CT molecular complexity index is 1110. The molecule has 0 aliphatic carbocycles. The number of carbonyl (C=O) groups excluding carboxylic acids is 2. The lowest BCUT2D eigenvalue weighted by atomic mass is 10.2. The minimum absolute atomic E-state index is 0.232. The number of halogens is 3. The molecule has 0 saturated heterocycles. The topological polar surface area (TPSA) is 64.6 Å². The second-order valence-corrected chi connectivity index (χ2v) is 7.75. The molecule has 3 aromatic carbocycles. The van der Waals surface area contributed by atoms with Gasteiger partial charge in [-0.1, -0.05) is 65.1 Å². The fourth-order valence-electron chi connectivity index (χ4n) is 2.60. The van der Waals surface area contributed by atoms with Gasteiger partial charge in [0.1, 0.15) is 12.4 Å². The maximum absolute atomic E-state index is 11.9. The van der Waals surface area contributed by atoms with E-state index in [0.717, 1.165) is 5.56 Å². The first kappa shape index (κ1) is 23.7. The lowest BCUT2D eigenvalue weighted by Crippen LogP contribution is -2.20. The fraction of sp³-hybridized carbons (Fsp3) is 0.0833. The van der Waals surface area contributed by atoms with E-state index in [2.05, 4.69) is 5.32 Å². The van der Waals surface area contributed by atoms with Crippen molar-refractivity contribution in [1.29, 1.82) is 0 Å². The van der Waals surface area contributed by atoms with Crippen molar-refractivity contribution in [2.45, 2.75) is 6.61 Å². The molecule has 5 nitrogen and oxygen atoms in total. The second-order valence-electron chi connectivity index (χ2n) is 6.53. The molecular formula is C24H18Cl3NO4. The maximum atomic E-state index is 11.9. The van der Waals surface area contributed by atoms with Crippen LogP contribution in [0.15, 0.2) is 72.8 Å². The van der Waals surface area contributed by atoms with Crippen LogP contribution in [-0.2, 0) is 20.9 Å². The predicted octanol–water partition coefficient (Wildman–Crippen LogP) is 6.42. The highest BCUT2D eigenvalue weighted by Gasteiger charge is 2.08. The van der Waals surface area contributed by atoms with Gasteiger partial charge in [0, 0.05) is 21.7 Å². The Labute approximate surface area is 200 Å². The summed E-state index contributed by atoms with van der Waals surface area (Å²) < 4.78 is 10.7. The molecule has 1 N–H and O–H groups in total. The number of carbonyl (C=O) groups is 2. The van der Waals surface area contributed by atoms with Crippen LogP contribution in [0, 0.1) is 0 Å². The van der Waals surface area contributed by atoms with E-state index < -0.39 is 18.5 Å². The third-order valence-corrected chi connectivity index (χ3v) is 5.27. The highest BCUT2D eigenvalue weighted by atomic mass is 35.5. The summed E-state index contributed by atoms with van der Waals surface area (Å²) in [5.74, 6) is -0.509. The summed E-state index contributed by atoms with van der Waals surface area (Å²) in [7, 11) is 0. The zero-order chi connectivity index (χ0) is 22.9. The molecule has 0 unspecified atom stereocenters. The maximum Gasteiger partial charge on any atom is 0.331 e.